The fourth-order valence-corrected chi connectivity index (χ4v) is 3.65. The summed E-state index contributed by atoms with van der Waals surface area (Å²) in [5.41, 5.74) is 1.68. The lowest BCUT2D eigenvalue weighted by molar-refractivity contribution is -0.148. The first-order valence-electron chi connectivity index (χ1n) is 9.37. The van der Waals surface area contributed by atoms with E-state index in [-0.39, 0.29) is 17.8 Å². The average molecular weight is 474 g/mol. The zero-order valence-corrected chi connectivity index (χ0v) is 18.6. The number of hydrogen-bond acceptors (Lipinski definition) is 3. The second-order valence-corrected chi connectivity index (χ2v) is 8.28. The molecule has 0 aromatic heterocycles. The molecule has 2 atom stereocenters. The monoisotopic (exact) mass is 472 g/mol. The predicted molar refractivity (Wildman–Crippen MR) is 120 cm³/mol. The van der Waals surface area contributed by atoms with E-state index in [2.05, 4.69) is 15.9 Å². The van der Waals surface area contributed by atoms with Gasteiger partial charge in [-0.05, 0) is 63.8 Å². The Kier molecular flexibility index (Phi) is 7.34. The zero-order valence-electron chi connectivity index (χ0n) is 16.2. The van der Waals surface area contributed by atoms with Crippen LogP contribution in [0.3, 0.4) is 0 Å². The van der Waals surface area contributed by atoms with E-state index in [1.165, 1.54) is 0 Å². The van der Waals surface area contributed by atoms with Gasteiger partial charge in [0, 0.05) is 10.6 Å². The largest absolute Gasteiger partial charge is 0.457 e. The molecular weight excluding hydrogens is 452 g/mol. The van der Waals surface area contributed by atoms with Crippen LogP contribution in [0, 0.1) is 5.92 Å². The third-order valence-corrected chi connectivity index (χ3v) is 5.44. The number of alkyl halides is 1. The van der Waals surface area contributed by atoms with Gasteiger partial charge in [0.15, 0.2) is 5.01 Å². The van der Waals surface area contributed by atoms with E-state index in [1.807, 2.05) is 80.6 Å². The molecule has 0 bridgehead atoms. The zero-order chi connectivity index (χ0) is 20.8. The van der Waals surface area contributed by atoms with Crippen molar-refractivity contribution in [3.63, 3.8) is 0 Å². The molecule has 5 heteroatoms. The summed E-state index contributed by atoms with van der Waals surface area (Å²) in [6.45, 7) is 4.00. The van der Waals surface area contributed by atoms with Crippen LogP contribution in [0.2, 0.25) is 5.02 Å². The van der Waals surface area contributed by atoms with Crippen LogP contribution < -0.4 is 4.74 Å². The average Bonchev–Trinajstić information content (AvgIpc) is 2.70. The molecule has 0 saturated heterocycles. The van der Waals surface area contributed by atoms with Crippen molar-refractivity contribution in [3.05, 3.63) is 95.0 Å². The fourth-order valence-electron chi connectivity index (χ4n) is 3.05. The van der Waals surface area contributed by atoms with Gasteiger partial charge in [0.1, 0.15) is 11.5 Å². The number of para-hydroxylation sites is 1. The number of carbonyl (C=O) groups is 1. The molecule has 0 spiro atoms. The van der Waals surface area contributed by atoms with Crippen molar-refractivity contribution in [1.82, 2.24) is 0 Å². The third-order valence-electron chi connectivity index (χ3n) is 4.47. The van der Waals surface area contributed by atoms with E-state index in [4.69, 9.17) is 21.1 Å². The molecule has 0 radical (unpaired) electrons. The minimum atomic E-state index is -0.581. The Hall–Kier alpha value is -2.30. The Morgan fingerprint density at radius 1 is 0.862 bits per heavy atom. The number of benzene rings is 3. The van der Waals surface area contributed by atoms with E-state index in [1.54, 1.807) is 12.1 Å². The minimum absolute atomic E-state index is 0.0797. The molecule has 150 valence electrons. The van der Waals surface area contributed by atoms with Gasteiger partial charge in [-0.3, -0.25) is 4.79 Å². The molecule has 0 fully saturated rings. The molecule has 0 aliphatic carbocycles. The molecule has 29 heavy (non-hydrogen) atoms. The SMILES string of the molecule is CC(C)C(C(=O)OC(Br)c1cccc(Oc2ccccc2)c1)c1ccc(Cl)cc1. The first-order valence-corrected chi connectivity index (χ1v) is 10.7. The van der Waals surface area contributed by atoms with Crippen LogP contribution >= 0.6 is 27.5 Å². The smallest absolute Gasteiger partial charge is 0.315 e. The molecule has 0 aliphatic rings. The molecule has 0 N–H and O–H groups in total. The van der Waals surface area contributed by atoms with E-state index in [0.29, 0.717) is 10.8 Å². The highest BCUT2D eigenvalue weighted by molar-refractivity contribution is 9.09. The minimum Gasteiger partial charge on any atom is -0.457 e. The summed E-state index contributed by atoms with van der Waals surface area (Å²) in [7, 11) is 0. The molecule has 2 unspecified atom stereocenters. The first-order chi connectivity index (χ1) is 13.9. The summed E-state index contributed by atoms with van der Waals surface area (Å²) >= 11 is 9.47. The Morgan fingerprint density at radius 2 is 1.52 bits per heavy atom. The third kappa shape index (κ3) is 5.84. The summed E-state index contributed by atoms with van der Waals surface area (Å²) in [5.74, 6) is 0.827. The molecule has 0 aliphatic heterocycles. The highest BCUT2D eigenvalue weighted by Gasteiger charge is 2.28. The van der Waals surface area contributed by atoms with Gasteiger partial charge in [-0.25, -0.2) is 0 Å². The maximum Gasteiger partial charge on any atom is 0.315 e. The Labute approximate surface area is 184 Å². The molecule has 0 heterocycles. The van der Waals surface area contributed by atoms with E-state index in [0.717, 1.165) is 16.9 Å². The number of carbonyl (C=O) groups excluding carboxylic acids is 1. The van der Waals surface area contributed by atoms with Gasteiger partial charge in [0.25, 0.3) is 0 Å². The number of halogens is 2. The van der Waals surface area contributed by atoms with Crippen LogP contribution in [-0.4, -0.2) is 5.97 Å². The molecule has 3 aromatic carbocycles. The van der Waals surface area contributed by atoms with Gasteiger partial charge in [-0.15, -0.1) is 0 Å². The van der Waals surface area contributed by atoms with Crippen LogP contribution in [-0.2, 0) is 9.53 Å². The Balaban J connectivity index is 1.73. The van der Waals surface area contributed by atoms with Crippen molar-refractivity contribution < 1.29 is 14.3 Å². The van der Waals surface area contributed by atoms with Crippen LogP contribution in [0.15, 0.2) is 78.9 Å². The number of hydrogen-bond donors (Lipinski definition) is 0. The highest BCUT2D eigenvalue weighted by Crippen LogP contribution is 2.33. The van der Waals surface area contributed by atoms with Gasteiger partial charge in [0.05, 0.1) is 5.92 Å². The molecular formula is C24H22BrClO3. The fraction of sp³-hybridized carbons (Fsp3) is 0.208. The number of rotatable bonds is 7. The van der Waals surface area contributed by atoms with Crippen LogP contribution in [0.5, 0.6) is 11.5 Å². The summed E-state index contributed by atoms with van der Waals surface area (Å²) in [6, 6.07) is 24.3. The van der Waals surface area contributed by atoms with Crippen LogP contribution in [0.4, 0.5) is 0 Å². The quantitative estimate of drug-likeness (QED) is 0.263. The standard InChI is InChI=1S/C24H22BrClO3/c1-16(2)22(17-11-13-19(26)14-12-17)24(27)29-23(25)18-7-6-10-21(15-18)28-20-8-4-3-5-9-20/h3-16,22-23H,1-2H3. The van der Waals surface area contributed by atoms with E-state index in [9.17, 15) is 4.79 Å². The maximum atomic E-state index is 12.9. The van der Waals surface area contributed by atoms with Gasteiger partial charge in [0.2, 0.25) is 0 Å². The van der Waals surface area contributed by atoms with Crippen molar-refractivity contribution in [2.75, 3.05) is 0 Å². The lowest BCUT2D eigenvalue weighted by atomic mass is 9.88. The topological polar surface area (TPSA) is 35.5 Å². The van der Waals surface area contributed by atoms with Crippen molar-refractivity contribution in [2.24, 2.45) is 5.92 Å². The molecule has 0 amide bonds. The van der Waals surface area contributed by atoms with Crippen LogP contribution in [0.1, 0.15) is 35.9 Å². The normalized spacial score (nSPS) is 13.0. The van der Waals surface area contributed by atoms with E-state index < -0.39 is 5.01 Å². The highest BCUT2D eigenvalue weighted by atomic mass is 79.9. The lowest BCUT2D eigenvalue weighted by Gasteiger charge is -2.22. The Bertz CT molecular complexity index is 942. The van der Waals surface area contributed by atoms with Crippen LogP contribution in [0.25, 0.3) is 0 Å². The van der Waals surface area contributed by atoms with Gasteiger partial charge >= 0.3 is 5.97 Å². The predicted octanol–water partition coefficient (Wildman–Crippen LogP) is 7.51. The van der Waals surface area contributed by atoms with Gasteiger partial charge in [-0.2, -0.15) is 0 Å². The molecule has 3 aromatic rings. The van der Waals surface area contributed by atoms with E-state index >= 15 is 0 Å². The van der Waals surface area contributed by atoms with Gasteiger partial charge in [-0.1, -0.05) is 67.9 Å². The maximum absolute atomic E-state index is 12.9. The second-order valence-electron chi connectivity index (χ2n) is 7.01. The number of ether oxygens (including phenoxy) is 2. The summed E-state index contributed by atoms with van der Waals surface area (Å²) in [5, 5.41) is 0.0566. The summed E-state index contributed by atoms with van der Waals surface area (Å²) in [4.78, 5) is 12.9. The van der Waals surface area contributed by atoms with Gasteiger partial charge < -0.3 is 9.47 Å². The van der Waals surface area contributed by atoms with Crippen molar-refractivity contribution in [3.8, 4) is 11.5 Å². The summed E-state index contributed by atoms with van der Waals surface area (Å²) in [6.07, 6.45) is 0. The van der Waals surface area contributed by atoms with Crippen molar-refractivity contribution >= 4 is 33.5 Å². The van der Waals surface area contributed by atoms with Crippen molar-refractivity contribution in [1.29, 1.82) is 0 Å². The molecule has 3 rings (SSSR count). The molecule has 3 nitrogen and oxygen atoms in total. The van der Waals surface area contributed by atoms with Crippen molar-refractivity contribution in [2.45, 2.75) is 24.8 Å². The molecule has 0 saturated carbocycles. The number of esters is 1. The second kappa shape index (κ2) is 9.95. The lowest BCUT2D eigenvalue weighted by Crippen LogP contribution is -2.21. The Morgan fingerprint density at radius 3 is 2.17 bits per heavy atom. The first kappa shape index (κ1) is 21.4. The summed E-state index contributed by atoms with van der Waals surface area (Å²) < 4.78 is 11.6.